The molecule has 4 heterocycles. The van der Waals surface area contributed by atoms with Crippen LogP contribution in [0.5, 0.6) is 0 Å². The molecule has 1 N–H and O–H groups in total. The largest absolute Gasteiger partial charge is 0.347 e. The maximum absolute atomic E-state index is 13.2. The van der Waals surface area contributed by atoms with E-state index in [1.165, 1.54) is 0 Å². The average Bonchev–Trinajstić information content (AvgIpc) is 3.35. The number of fused-ring (bicyclic) bond motifs is 4. The highest BCUT2D eigenvalue weighted by Crippen LogP contribution is 2.46. The van der Waals surface area contributed by atoms with Gasteiger partial charge in [-0.2, -0.15) is 10.1 Å². The Balaban J connectivity index is 1.53. The third-order valence-corrected chi connectivity index (χ3v) is 5.86. The minimum atomic E-state index is -0.00997. The van der Waals surface area contributed by atoms with Gasteiger partial charge in [-0.05, 0) is 31.0 Å². The van der Waals surface area contributed by atoms with E-state index >= 15 is 0 Å². The second-order valence-electron chi connectivity index (χ2n) is 8.07. The normalized spacial score (nSPS) is 19.5. The van der Waals surface area contributed by atoms with Gasteiger partial charge >= 0.3 is 0 Å². The summed E-state index contributed by atoms with van der Waals surface area (Å²) in [7, 11) is 3.90. The van der Waals surface area contributed by atoms with Gasteiger partial charge in [0.25, 0.3) is 0 Å². The Morgan fingerprint density at radius 3 is 2.73 bits per heavy atom. The van der Waals surface area contributed by atoms with E-state index in [2.05, 4.69) is 10.4 Å². The number of carbonyl (C=O) groups excluding carboxylic acids is 1. The van der Waals surface area contributed by atoms with Crippen molar-refractivity contribution in [3.63, 3.8) is 0 Å². The van der Waals surface area contributed by atoms with Gasteiger partial charge in [-0.25, -0.2) is 4.98 Å². The summed E-state index contributed by atoms with van der Waals surface area (Å²) in [6.45, 7) is 0.257. The van der Waals surface area contributed by atoms with Gasteiger partial charge < -0.3 is 15.1 Å². The lowest BCUT2D eigenvalue weighted by molar-refractivity contribution is -0.135. The summed E-state index contributed by atoms with van der Waals surface area (Å²) in [5.74, 6) is 1.57. The van der Waals surface area contributed by atoms with E-state index in [1.807, 2.05) is 66.5 Å². The first-order valence-corrected chi connectivity index (χ1v) is 10.3. The highest BCUT2D eigenvalue weighted by Gasteiger charge is 2.45. The molecule has 2 bridgehead atoms. The molecule has 30 heavy (non-hydrogen) atoms. The number of aromatic nitrogens is 4. The van der Waals surface area contributed by atoms with E-state index in [1.54, 1.807) is 10.9 Å². The van der Waals surface area contributed by atoms with Gasteiger partial charge in [0.1, 0.15) is 12.4 Å². The van der Waals surface area contributed by atoms with E-state index in [4.69, 9.17) is 9.97 Å². The fourth-order valence-electron chi connectivity index (χ4n) is 4.54. The number of anilines is 3. The van der Waals surface area contributed by atoms with E-state index in [9.17, 15) is 4.79 Å². The van der Waals surface area contributed by atoms with Crippen LogP contribution in [0.2, 0.25) is 0 Å². The lowest BCUT2D eigenvalue weighted by Gasteiger charge is -2.37. The molecule has 2 aliphatic heterocycles. The predicted molar refractivity (Wildman–Crippen MR) is 115 cm³/mol. The maximum Gasteiger partial charge on any atom is 0.245 e. The fourth-order valence-corrected chi connectivity index (χ4v) is 4.54. The van der Waals surface area contributed by atoms with Crippen molar-refractivity contribution < 1.29 is 4.79 Å². The molecule has 2 atom stereocenters. The molecule has 0 spiro atoms. The molecule has 0 saturated carbocycles. The van der Waals surface area contributed by atoms with Crippen molar-refractivity contribution in [2.24, 2.45) is 0 Å². The Kier molecular flexibility index (Phi) is 4.61. The van der Waals surface area contributed by atoms with Crippen LogP contribution in [0, 0.1) is 0 Å². The Hall–Kier alpha value is -3.42. The summed E-state index contributed by atoms with van der Waals surface area (Å²) in [4.78, 5) is 26.8. The third-order valence-electron chi connectivity index (χ3n) is 5.86. The van der Waals surface area contributed by atoms with Gasteiger partial charge in [-0.15, -0.1) is 0 Å². The molecule has 0 aliphatic carbocycles. The monoisotopic (exact) mass is 403 g/mol. The van der Waals surface area contributed by atoms with Crippen LogP contribution in [0.15, 0.2) is 48.8 Å². The van der Waals surface area contributed by atoms with Gasteiger partial charge in [0.15, 0.2) is 0 Å². The van der Waals surface area contributed by atoms with Gasteiger partial charge in [0, 0.05) is 50.2 Å². The van der Waals surface area contributed by atoms with E-state index in [-0.39, 0.29) is 24.5 Å². The number of nitrogens with one attached hydrogen (secondary N) is 1. The number of carbonyl (C=O) groups is 1. The Bertz CT molecular complexity index is 1050. The van der Waals surface area contributed by atoms with Crippen molar-refractivity contribution in [1.82, 2.24) is 24.6 Å². The first-order chi connectivity index (χ1) is 14.6. The molecule has 1 aromatic carbocycles. The van der Waals surface area contributed by atoms with Crippen molar-refractivity contribution in [2.75, 3.05) is 24.3 Å². The van der Waals surface area contributed by atoms with Gasteiger partial charge in [-0.3, -0.25) is 9.48 Å². The van der Waals surface area contributed by atoms with Gasteiger partial charge in [-0.1, -0.05) is 18.2 Å². The van der Waals surface area contributed by atoms with E-state index in [0.717, 1.165) is 42.0 Å². The standard InChI is InChI=1S/C22H25N7O/c1-27(2)22-25-17-13-16-9-10-18(29(16)19(30)14-28-12-6-11-23-28)20(17)21(26-22)24-15-7-4-3-5-8-15/h3-8,11-12,16,18H,9-10,13-14H2,1-2H3,(H,24,25,26)/t16-,18+/m0/s1. The predicted octanol–water partition coefficient (Wildman–Crippen LogP) is 2.77. The highest BCUT2D eigenvalue weighted by molar-refractivity contribution is 5.78. The van der Waals surface area contributed by atoms with Crippen LogP contribution in [-0.2, 0) is 17.8 Å². The van der Waals surface area contributed by atoms with E-state index < -0.39 is 0 Å². The highest BCUT2D eigenvalue weighted by atomic mass is 16.2. The molecule has 3 aromatic rings. The number of hydrogen-bond donors (Lipinski definition) is 1. The summed E-state index contributed by atoms with van der Waals surface area (Å²) in [6.07, 6.45) is 6.19. The summed E-state index contributed by atoms with van der Waals surface area (Å²) in [5, 5.41) is 7.68. The van der Waals surface area contributed by atoms with Crippen molar-refractivity contribution in [3.05, 3.63) is 60.0 Å². The summed E-state index contributed by atoms with van der Waals surface area (Å²) in [5.41, 5.74) is 3.06. The molecule has 8 nitrogen and oxygen atoms in total. The Morgan fingerprint density at radius 1 is 1.17 bits per heavy atom. The Morgan fingerprint density at radius 2 is 2.00 bits per heavy atom. The number of amides is 1. The van der Waals surface area contributed by atoms with Crippen LogP contribution in [0.3, 0.4) is 0 Å². The number of para-hydroxylation sites is 1. The minimum Gasteiger partial charge on any atom is -0.347 e. The second-order valence-corrected chi connectivity index (χ2v) is 8.07. The molecule has 154 valence electrons. The summed E-state index contributed by atoms with van der Waals surface area (Å²) < 4.78 is 1.69. The first-order valence-electron chi connectivity index (χ1n) is 10.3. The minimum absolute atomic E-state index is 0.00997. The number of nitrogens with zero attached hydrogens (tertiary/aromatic N) is 6. The zero-order valence-corrected chi connectivity index (χ0v) is 17.2. The van der Waals surface area contributed by atoms with Crippen molar-refractivity contribution >= 4 is 23.4 Å². The molecule has 8 heteroatoms. The zero-order valence-electron chi connectivity index (χ0n) is 17.2. The molecule has 2 aromatic heterocycles. The van der Waals surface area contributed by atoms with Crippen LogP contribution >= 0.6 is 0 Å². The van der Waals surface area contributed by atoms with Crippen molar-refractivity contribution in [2.45, 2.75) is 37.9 Å². The molecule has 1 fully saturated rings. The van der Waals surface area contributed by atoms with Crippen LogP contribution in [-0.4, -0.2) is 50.7 Å². The van der Waals surface area contributed by atoms with Crippen LogP contribution in [0.4, 0.5) is 17.5 Å². The maximum atomic E-state index is 13.2. The quantitative estimate of drug-likeness (QED) is 0.706. The lowest BCUT2D eigenvalue weighted by Crippen LogP contribution is -2.44. The molecule has 0 radical (unpaired) electrons. The van der Waals surface area contributed by atoms with Gasteiger partial charge in [0.2, 0.25) is 11.9 Å². The Labute approximate surface area is 175 Å². The smallest absolute Gasteiger partial charge is 0.245 e. The van der Waals surface area contributed by atoms with Crippen LogP contribution in [0.25, 0.3) is 0 Å². The first kappa shape index (κ1) is 18.6. The van der Waals surface area contributed by atoms with Gasteiger partial charge in [0.05, 0.1) is 11.7 Å². The molecular formula is C22H25N7O. The lowest BCUT2D eigenvalue weighted by atomic mass is 9.97. The number of hydrogen-bond acceptors (Lipinski definition) is 6. The average molecular weight is 403 g/mol. The topological polar surface area (TPSA) is 79.2 Å². The summed E-state index contributed by atoms with van der Waals surface area (Å²) in [6, 6.07) is 12.0. The van der Waals surface area contributed by atoms with Crippen LogP contribution < -0.4 is 10.2 Å². The molecule has 1 saturated heterocycles. The fraction of sp³-hybridized carbons (Fsp3) is 0.364. The molecule has 0 unspecified atom stereocenters. The van der Waals surface area contributed by atoms with Crippen LogP contribution in [0.1, 0.15) is 30.1 Å². The molecule has 5 rings (SSSR count). The SMILES string of the molecule is CN(C)c1nc2c(c(Nc3ccccc3)n1)[C@H]1CC[C@@H](C2)N1C(=O)Cn1cccn1. The molecular weight excluding hydrogens is 378 g/mol. The number of rotatable bonds is 5. The summed E-state index contributed by atoms with van der Waals surface area (Å²) >= 11 is 0. The molecule has 2 aliphatic rings. The molecule has 1 amide bonds. The second kappa shape index (κ2) is 7.44. The van der Waals surface area contributed by atoms with E-state index in [0.29, 0.717) is 5.95 Å². The third kappa shape index (κ3) is 3.28. The number of benzene rings is 1. The van der Waals surface area contributed by atoms with Crippen molar-refractivity contribution in [1.29, 1.82) is 0 Å². The van der Waals surface area contributed by atoms with Crippen molar-refractivity contribution in [3.8, 4) is 0 Å². The zero-order chi connectivity index (χ0) is 20.7.